The van der Waals surface area contributed by atoms with Crippen molar-refractivity contribution in [3.63, 3.8) is 0 Å². The predicted molar refractivity (Wildman–Crippen MR) is 122 cm³/mol. The van der Waals surface area contributed by atoms with Crippen LogP contribution in [0.5, 0.6) is 0 Å². The molecule has 32 heavy (non-hydrogen) atoms. The summed E-state index contributed by atoms with van der Waals surface area (Å²) in [4.78, 5) is 31.6. The molecule has 2 aliphatic rings. The number of imidazole rings is 1. The molecule has 3 aromatic rings. The molecule has 0 aromatic carbocycles. The lowest BCUT2D eigenvalue weighted by atomic mass is 9.75. The SMILES string of the molecule is CC(C)n1cnc([C@@H]2CN(Cc3cccnc3)C[C@@]23CCN(Cc2cccnc2)C3=O)c1. The molecule has 0 bridgehead atoms. The van der Waals surface area contributed by atoms with Crippen LogP contribution < -0.4 is 0 Å². The minimum absolute atomic E-state index is 0.0885. The van der Waals surface area contributed by atoms with Gasteiger partial charge in [-0.15, -0.1) is 0 Å². The maximum Gasteiger partial charge on any atom is 0.231 e. The first-order valence-electron chi connectivity index (χ1n) is 11.4. The van der Waals surface area contributed by atoms with Gasteiger partial charge in [0.05, 0.1) is 17.4 Å². The van der Waals surface area contributed by atoms with E-state index in [0.29, 0.717) is 12.6 Å². The Balaban J connectivity index is 1.43. The minimum Gasteiger partial charge on any atom is -0.338 e. The van der Waals surface area contributed by atoms with Crippen LogP contribution in [0, 0.1) is 5.41 Å². The van der Waals surface area contributed by atoms with Crippen LogP contribution >= 0.6 is 0 Å². The lowest BCUT2D eigenvalue weighted by molar-refractivity contribution is -0.136. The van der Waals surface area contributed by atoms with Gasteiger partial charge in [0.2, 0.25) is 5.91 Å². The van der Waals surface area contributed by atoms with Crippen molar-refractivity contribution in [1.29, 1.82) is 0 Å². The van der Waals surface area contributed by atoms with Crippen LogP contribution in [0.2, 0.25) is 0 Å². The largest absolute Gasteiger partial charge is 0.338 e. The monoisotopic (exact) mass is 430 g/mol. The normalized spacial score (nSPS) is 23.7. The number of likely N-dealkylation sites (tertiary alicyclic amines) is 2. The Kier molecular flexibility index (Phi) is 5.51. The van der Waals surface area contributed by atoms with E-state index in [0.717, 1.165) is 43.9 Å². The Bertz CT molecular complexity index is 1070. The number of amides is 1. The fourth-order valence-corrected chi connectivity index (χ4v) is 5.26. The van der Waals surface area contributed by atoms with Crippen molar-refractivity contribution in [2.24, 2.45) is 5.41 Å². The van der Waals surface area contributed by atoms with Crippen molar-refractivity contribution in [2.75, 3.05) is 19.6 Å². The van der Waals surface area contributed by atoms with Crippen LogP contribution in [-0.4, -0.2) is 54.9 Å². The Labute approximate surface area is 189 Å². The number of pyridine rings is 2. The standard InChI is InChI=1S/C25H30N6O/c1-19(2)31-16-23(28-18-31)22-15-29(13-20-5-3-8-26-11-20)17-25(22)7-10-30(24(25)32)14-21-6-4-9-27-12-21/h3-6,8-9,11-12,16,18-19,22H,7,10,13-15,17H2,1-2H3/t22-,25-/m0/s1. The van der Waals surface area contributed by atoms with Crippen LogP contribution in [0.1, 0.15) is 49.0 Å². The van der Waals surface area contributed by atoms with E-state index in [4.69, 9.17) is 4.98 Å². The van der Waals surface area contributed by atoms with Crippen LogP contribution in [-0.2, 0) is 17.9 Å². The number of hydrogen-bond acceptors (Lipinski definition) is 5. The summed E-state index contributed by atoms with van der Waals surface area (Å²) in [7, 11) is 0. The summed E-state index contributed by atoms with van der Waals surface area (Å²) in [6.45, 7) is 8.08. The molecule has 2 fully saturated rings. The Morgan fingerprint density at radius 1 is 1.09 bits per heavy atom. The van der Waals surface area contributed by atoms with E-state index in [1.165, 1.54) is 5.56 Å². The van der Waals surface area contributed by atoms with Gasteiger partial charge >= 0.3 is 0 Å². The quantitative estimate of drug-likeness (QED) is 0.600. The van der Waals surface area contributed by atoms with Crippen molar-refractivity contribution >= 4 is 5.91 Å². The molecular weight excluding hydrogens is 400 g/mol. The van der Waals surface area contributed by atoms with E-state index in [1.807, 2.05) is 41.8 Å². The smallest absolute Gasteiger partial charge is 0.231 e. The predicted octanol–water partition coefficient (Wildman–Crippen LogP) is 3.27. The number of aromatic nitrogens is 4. The van der Waals surface area contributed by atoms with E-state index in [9.17, 15) is 4.79 Å². The third-order valence-electron chi connectivity index (χ3n) is 6.95. The number of rotatable bonds is 6. The summed E-state index contributed by atoms with van der Waals surface area (Å²) in [6.07, 6.45) is 12.2. The van der Waals surface area contributed by atoms with Crippen LogP contribution in [0.4, 0.5) is 0 Å². The van der Waals surface area contributed by atoms with Gasteiger partial charge in [0.15, 0.2) is 0 Å². The van der Waals surface area contributed by atoms with Crippen LogP contribution in [0.3, 0.4) is 0 Å². The number of carbonyl (C=O) groups is 1. The van der Waals surface area contributed by atoms with E-state index in [1.54, 1.807) is 12.4 Å². The topological polar surface area (TPSA) is 67.2 Å². The first kappa shape index (κ1) is 20.8. The summed E-state index contributed by atoms with van der Waals surface area (Å²) in [5.41, 5.74) is 2.85. The zero-order valence-electron chi connectivity index (χ0n) is 18.8. The fraction of sp³-hybridized carbons (Fsp3) is 0.440. The molecule has 5 heterocycles. The van der Waals surface area contributed by atoms with Gasteiger partial charge in [-0.25, -0.2) is 4.98 Å². The van der Waals surface area contributed by atoms with Crippen molar-refractivity contribution < 1.29 is 4.79 Å². The first-order valence-corrected chi connectivity index (χ1v) is 11.4. The van der Waals surface area contributed by atoms with Gasteiger partial charge in [0, 0.05) is 75.7 Å². The second-order valence-corrected chi connectivity index (χ2v) is 9.42. The molecule has 1 amide bonds. The zero-order valence-corrected chi connectivity index (χ0v) is 18.8. The van der Waals surface area contributed by atoms with Gasteiger partial charge in [-0.2, -0.15) is 0 Å². The molecule has 3 aromatic heterocycles. The average molecular weight is 431 g/mol. The van der Waals surface area contributed by atoms with Gasteiger partial charge in [0.25, 0.3) is 0 Å². The van der Waals surface area contributed by atoms with Gasteiger partial charge in [-0.1, -0.05) is 12.1 Å². The summed E-state index contributed by atoms with van der Waals surface area (Å²) < 4.78 is 2.14. The lowest BCUT2D eigenvalue weighted by Gasteiger charge is -2.28. The fourth-order valence-electron chi connectivity index (χ4n) is 5.26. The van der Waals surface area contributed by atoms with Crippen LogP contribution in [0.15, 0.2) is 61.6 Å². The van der Waals surface area contributed by atoms with E-state index >= 15 is 0 Å². The third-order valence-corrected chi connectivity index (χ3v) is 6.95. The molecule has 0 saturated carbocycles. The summed E-state index contributed by atoms with van der Waals surface area (Å²) in [5, 5.41) is 0. The molecule has 1 spiro atoms. The molecule has 0 unspecified atom stereocenters. The summed E-state index contributed by atoms with van der Waals surface area (Å²) in [6, 6.07) is 8.39. The van der Waals surface area contributed by atoms with E-state index in [-0.39, 0.29) is 11.8 Å². The Hall–Kier alpha value is -3.06. The van der Waals surface area contributed by atoms with Crippen LogP contribution in [0.25, 0.3) is 0 Å². The highest BCUT2D eigenvalue weighted by atomic mass is 16.2. The molecule has 7 nitrogen and oxygen atoms in total. The van der Waals surface area contributed by atoms with E-state index in [2.05, 4.69) is 45.5 Å². The average Bonchev–Trinajstić information content (AvgIpc) is 3.50. The molecule has 0 aliphatic carbocycles. The highest BCUT2D eigenvalue weighted by molar-refractivity contribution is 5.86. The highest BCUT2D eigenvalue weighted by Crippen LogP contribution is 2.50. The summed E-state index contributed by atoms with van der Waals surface area (Å²) in [5.74, 6) is 0.338. The maximum absolute atomic E-state index is 13.9. The molecular formula is C25H30N6O. The Morgan fingerprint density at radius 3 is 2.44 bits per heavy atom. The molecule has 7 heteroatoms. The molecule has 5 rings (SSSR count). The van der Waals surface area contributed by atoms with Gasteiger partial charge in [-0.3, -0.25) is 19.7 Å². The van der Waals surface area contributed by atoms with E-state index < -0.39 is 5.41 Å². The van der Waals surface area contributed by atoms with Gasteiger partial charge < -0.3 is 9.47 Å². The van der Waals surface area contributed by atoms with Crippen molar-refractivity contribution in [1.82, 2.24) is 29.3 Å². The highest BCUT2D eigenvalue weighted by Gasteiger charge is 2.57. The summed E-state index contributed by atoms with van der Waals surface area (Å²) >= 11 is 0. The molecule has 0 radical (unpaired) electrons. The zero-order chi connectivity index (χ0) is 22.1. The molecule has 2 aliphatic heterocycles. The maximum atomic E-state index is 13.9. The molecule has 166 valence electrons. The second kappa shape index (κ2) is 8.47. The molecule has 2 atom stereocenters. The van der Waals surface area contributed by atoms with Crippen molar-refractivity contribution in [3.8, 4) is 0 Å². The van der Waals surface area contributed by atoms with Crippen molar-refractivity contribution in [3.05, 3.63) is 78.4 Å². The first-order chi connectivity index (χ1) is 15.5. The molecule has 2 saturated heterocycles. The van der Waals surface area contributed by atoms with Crippen molar-refractivity contribution in [2.45, 2.75) is 45.3 Å². The van der Waals surface area contributed by atoms with Gasteiger partial charge in [0.1, 0.15) is 0 Å². The number of carbonyl (C=O) groups excluding carboxylic acids is 1. The van der Waals surface area contributed by atoms with Gasteiger partial charge in [-0.05, 0) is 43.5 Å². The Morgan fingerprint density at radius 2 is 1.81 bits per heavy atom. The lowest BCUT2D eigenvalue weighted by Crippen LogP contribution is -2.39. The molecule has 0 N–H and O–H groups in total. The second-order valence-electron chi connectivity index (χ2n) is 9.42. The number of hydrogen-bond donors (Lipinski definition) is 0. The minimum atomic E-state index is -0.430. The number of nitrogens with zero attached hydrogens (tertiary/aromatic N) is 6. The third kappa shape index (κ3) is 3.81.